The number of carbonyl (C=O) groups is 2. The Morgan fingerprint density at radius 3 is 2.23 bits per heavy atom. The monoisotopic (exact) mass is 542 g/mol. The summed E-state index contributed by atoms with van der Waals surface area (Å²) in [6.07, 6.45) is 1.23. The van der Waals surface area contributed by atoms with Crippen molar-refractivity contribution in [3.05, 3.63) is 89.0 Å². The van der Waals surface area contributed by atoms with Crippen LogP contribution in [0, 0.1) is 0 Å². The van der Waals surface area contributed by atoms with Crippen molar-refractivity contribution >= 4 is 17.5 Å². The Morgan fingerprint density at radius 1 is 0.825 bits per heavy atom. The van der Waals surface area contributed by atoms with Crippen LogP contribution in [-0.2, 0) is 0 Å². The molecule has 5 rings (SSSR count). The number of ether oxygens (including phenoxy) is 2. The fraction of sp³-hybridized carbons (Fsp3) is 0.375. The lowest BCUT2D eigenvalue weighted by Gasteiger charge is -2.39. The van der Waals surface area contributed by atoms with E-state index in [0.29, 0.717) is 48.1 Å². The van der Waals surface area contributed by atoms with Gasteiger partial charge in [-0.25, -0.2) is 0 Å². The van der Waals surface area contributed by atoms with Gasteiger partial charge in [-0.05, 0) is 61.7 Å². The average Bonchev–Trinajstić information content (AvgIpc) is 3.26. The molecule has 210 valence electrons. The molecule has 2 atom stereocenters. The number of rotatable bonds is 10. The van der Waals surface area contributed by atoms with E-state index in [0.717, 1.165) is 37.4 Å². The minimum Gasteiger partial charge on any atom is -0.493 e. The van der Waals surface area contributed by atoms with Gasteiger partial charge in [0.25, 0.3) is 11.8 Å². The van der Waals surface area contributed by atoms with Crippen molar-refractivity contribution in [3.63, 3.8) is 0 Å². The van der Waals surface area contributed by atoms with Crippen LogP contribution in [0.1, 0.15) is 63.7 Å². The van der Waals surface area contributed by atoms with E-state index in [1.54, 1.807) is 20.3 Å². The number of nitrogens with two attached hydrogens (primary N) is 1. The van der Waals surface area contributed by atoms with Gasteiger partial charge in [-0.3, -0.25) is 19.4 Å². The Bertz CT molecular complexity index is 1350. The molecular formula is C32H38N4O4. The van der Waals surface area contributed by atoms with Crippen molar-refractivity contribution in [1.82, 2.24) is 9.80 Å². The molecule has 8 heteroatoms. The van der Waals surface area contributed by atoms with Crippen LogP contribution in [0.2, 0.25) is 0 Å². The quantitative estimate of drug-likeness (QED) is 0.373. The van der Waals surface area contributed by atoms with E-state index in [-0.39, 0.29) is 11.8 Å². The first kappa shape index (κ1) is 27.7. The third-order valence-electron chi connectivity index (χ3n) is 8.19. The number of anilines is 1. The van der Waals surface area contributed by atoms with Gasteiger partial charge >= 0.3 is 0 Å². The number of methoxy groups -OCH3 is 2. The Kier molecular flexibility index (Phi) is 8.38. The number of benzene rings is 3. The topological polar surface area (TPSA) is 88.3 Å². The lowest BCUT2D eigenvalue weighted by Crippen LogP contribution is -2.47. The molecule has 2 aliphatic heterocycles. The van der Waals surface area contributed by atoms with E-state index in [1.807, 2.05) is 36.4 Å². The van der Waals surface area contributed by atoms with Crippen molar-refractivity contribution < 1.29 is 19.1 Å². The number of nitrogens with zero attached hydrogens (tertiary/aromatic N) is 3. The first-order valence-corrected chi connectivity index (χ1v) is 13.9. The molecule has 3 aromatic rings. The summed E-state index contributed by atoms with van der Waals surface area (Å²) >= 11 is 0. The largest absolute Gasteiger partial charge is 0.493 e. The number of amides is 2. The summed E-state index contributed by atoms with van der Waals surface area (Å²) < 4.78 is 10.9. The van der Waals surface area contributed by atoms with Gasteiger partial charge in [0.05, 0.1) is 37.1 Å². The summed E-state index contributed by atoms with van der Waals surface area (Å²) in [7, 11) is 3.16. The molecule has 40 heavy (non-hydrogen) atoms. The van der Waals surface area contributed by atoms with E-state index in [2.05, 4.69) is 41.0 Å². The second-order valence-corrected chi connectivity index (χ2v) is 10.4. The molecule has 0 saturated carbocycles. The molecular weight excluding hydrogens is 504 g/mol. The Balaban J connectivity index is 1.40. The molecule has 2 N–H and O–H groups in total. The van der Waals surface area contributed by atoms with E-state index in [9.17, 15) is 9.59 Å². The SMILES string of the molecule is COc1ccc([C@@H](CCCN)N2C(=O)c3cccc(N4CCN(C(C)c5ccccc5)CC4)c3C2=O)cc1OC. The van der Waals surface area contributed by atoms with Crippen molar-refractivity contribution in [3.8, 4) is 11.5 Å². The molecule has 2 aliphatic rings. The molecule has 0 aliphatic carbocycles. The van der Waals surface area contributed by atoms with Gasteiger partial charge in [0.1, 0.15) is 0 Å². The zero-order valence-corrected chi connectivity index (χ0v) is 23.5. The number of hydrogen-bond acceptors (Lipinski definition) is 7. The van der Waals surface area contributed by atoms with Gasteiger partial charge in [0.15, 0.2) is 11.5 Å². The minimum absolute atomic E-state index is 0.257. The Morgan fingerprint density at radius 2 is 1.55 bits per heavy atom. The third-order valence-corrected chi connectivity index (χ3v) is 8.19. The molecule has 2 heterocycles. The second kappa shape index (κ2) is 12.1. The maximum Gasteiger partial charge on any atom is 0.264 e. The van der Waals surface area contributed by atoms with Crippen LogP contribution in [-0.4, -0.2) is 68.6 Å². The number of imide groups is 1. The molecule has 1 fully saturated rings. The summed E-state index contributed by atoms with van der Waals surface area (Å²) in [6.45, 7) is 6.00. The van der Waals surface area contributed by atoms with E-state index < -0.39 is 6.04 Å². The van der Waals surface area contributed by atoms with Crippen LogP contribution in [0.15, 0.2) is 66.7 Å². The molecule has 0 aromatic heterocycles. The maximum absolute atomic E-state index is 14.1. The van der Waals surface area contributed by atoms with Gasteiger partial charge in [-0.15, -0.1) is 0 Å². The van der Waals surface area contributed by atoms with Crippen LogP contribution in [0.4, 0.5) is 5.69 Å². The van der Waals surface area contributed by atoms with E-state index >= 15 is 0 Å². The molecule has 1 unspecified atom stereocenters. The van der Waals surface area contributed by atoms with Gasteiger partial charge in [0.2, 0.25) is 0 Å². The Labute approximate surface area is 236 Å². The Hall–Kier alpha value is -3.88. The average molecular weight is 543 g/mol. The number of carbonyl (C=O) groups excluding carboxylic acids is 2. The highest BCUT2D eigenvalue weighted by atomic mass is 16.5. The highest BCUT2D eigenvalue weighted by Crippen LogP contribution is 2.40. The molecule has 0 radical (unpaired) electrons. The van der Waals surface area contributed by atoms with Gasteiger partial charge in [-0.2, -0.15) is 0 Å². The van der Waals surface area contributed by atoms with Crippen molar-refractivity contribution in [2.24, 2.45) is 5.73 Å². The van der Waals surface area contributed by atoms with Crippen molar-refractivity contribution in [1.29, 1.82) is 0 Å². The minimum atomic E-state index is -0.466. The lowest BCUT2D eigenvalue weighted by atomic mass is 9.99. The number of fused-ring (bicyclic) bond motifs is 1. The summed E-state index contributed by atoms with van der Waals surface area (Å²) in [4.78, 5) is 34.0. The van der Waals surface area contributed by atoms with Crippen LogP contribution >= 0.6 is 0 Å². The first-order chi connectivity index (χ1) is 19.5. The van der Waals surface area contributed by atoms with Crippen molar-refractivity contribution in [2.75, 3.05) is 51.8 Å². The fourth-order valence-corrected chi connectivity index (χ4v) is 5.94. The van der Waals surface area contributed by atoms with Crippen molar-refractivity contribution in [2.45, 2.75) is 31.8 Å². The highest BCUT2D eigenvalue weighted by Gasteiger charge is 2.43. The summed E-state index contributed by atoms with van der Waals surface area (Å²) in [5, 5.41) is 0. The summed E-state index contributed by atoms with van der Waals surface area (Å²) in [5.41, 5.74) is 9.75. The second-order valence-electron chi connectivity index (χ2n) is 10.4. The highest BCUT2D eigenvalue weighted by molar-refractivity contribution is 6.24. The normalized spacial score (nSPS) is 17.1. The molecule has 2 amide bonds. The standard InChI is InChI=1S/C32H38N4O4/c1-22(23-9-5-4-6-10-23)34-17-19-35(20-18-34)27-12-7-11-25-30(27)32(38)36(31(25)37)26(13-8-16-33)24-14-15-28(39-2)29(21-24)40-3/h4-7,9-12,14-15,21-22,26H,8,13,16-20,33H2,1-3H3/t22?,26-/m1/s1. The lowest BCUT2D eigenvalue weighted by molar-refractivity contribution is 0.0572. The van der Waals surface area contributed by atoms with Crippen LogP contribution in [0.5, 0.6) is 11.5 Å². The van der Waals surface area contributed by atoms with Crippen LogP contribution in [0.25, 0.3) is 0 Å². The fourth-order valence-electron chi connectivity index (χ4n) is 5.94. The zero-order valence-electron chi connectivity index (χ0n) is 23.5. The maximum atomic E-state index is 14.1. The smallest absolute Gasteiger partial charge is 0.264 e. The molecule has 0 spiro atoms. The first-order valence-electron chi connectivity index (χ1n) is 13.9. The van der Waals surface area contributed by atoms with E-state index in [4.69, 9.17) is 15.2 Å². The molecule has 3 aromatic carbocycles. The van der Waals surface area contributed by atoms with Gasteiger partial charge < -0.3 is 20.1 Å². The number of hydrogen-bond donors (Lipinski definition) is 1. The molecule has 1 saturated heterocycles. The predicted molar refractivity (Wildman–Crippen MR) is 156 cm³/mol. The van der Waals surface area contributed by atoms with Gasteiger partial charge in [-0.1, -0.05) is 42.5 Å². The number of piperazine rings is 1. The molecule has 8 nitrogen and oxygen atoms in total. The zero-order chi connectivity index (χ0) is 28.2. The van der Waals surface area contributed by atoms with Gasteiger partial charge in [0, 0.05) is 32.2 Å². The summed E-state index contributed by atoms with van der Waals surface area (Å²) in [6, 6.07) is 21.5. The van der Waals surface area contributed by atoms with Crippen LogP contribution < -0.4 is 20.1 Å². The molecule has 0 bridgehead atoms. The summed E-state index contributed by atoms with van der Waals surface area (Å²) in [5.74, 6) is 0.620. The van der Waals surface area contributed by atoms with Crippen LogP contribution in [0.3, 0.4) is 0 Å². The van der Waals surface area contributed by atoms with E-state index in [1.165, 1.54) is 10.5 Å². The predicted octanol–water partition coefficient (Wildman–Crippen LogP) is 4.66. The third kappa shape index (κ3) is 5.17.